The summed E-state index contributed by atoms with van der Waals surface area (Å²) in [6.07, 6.45) is 0. The lowest BCUT2D eigenvalue weighted by atomic mass is 9.94. The maximum Gasteiger partial charge on any atom is 0.226 e. The van der Waals surface area contributed by atoms with E-state index < -0.39 is 0 Å². The van der Waals surface area contributed by atoms with Gasteiger partial charge in [0, 0.05) is 13.1 Å². The van der Waals surface area contributed by atoms with Crippen molar-refractivity contribution in [2.45, 2.75) is 19.5 Å². The van der Waals surface area contributed by atoms with Crippen LogP contribution >= 0.6 is 0 Å². The van der Waals surface area contributed by atoms with E-state index in [4.69, 9.17) is 4.74 Å². The molecule has 2 atom stereocenters. The van der Waals surface area contributed by atoms with Crippen molar-refractivity contribution >= 4 is 5.91 Å². The fourth-order valence-electron chi connectivity index (χ4n) is 2.91. The normalized spacial score (nSPS) is 19.9. The van der Waals surface area contributed by atoms with E-state index in [0.717, 1.165) is 16.9 Å². The van der Waals surface area contributed by atoms with Crippen LogP contribution in [0.15, 0.2) is 54.6 Å². The highest BCUT2D eigenvalue weighted by atomic mass is 16.5. The van der Waals surface area contributed by atoms with Crippen molar-refractivity contribution < 1.29 is 9.53 Å². The lowest BCUT2D eigenvalue weighted by molar-refractivity contribution is -0.125. The molecule has 0 radical (unpaired) electrons. The SMILES string of the molecule is CCOc1ccc(CNC(=O)C2CNNC2c2ccccc2)cc1. The molecule has 0 saturated carbocycles. The van der Waals surface area contributed by atoms with Crippen molar-refractivity contribution in [1.29, 1.82) is 0 Å². The molecule has 24 heavy (non-hydrogen) atoms. The first kappa shape index (κ1) is 16.5. The first-order chi connectivity index (χ1) is 11.8. The predicted octanol–water partition coefficient (Wildman–Crippen LogP) is 2.17. The van der Waals surface area contributed by atoms with Crippen LogP contribution in [0.3, 0.4) is 0 Å². The average molecular weight is 325 g/mol. The van der Waals surface area contributed by atoms with E-state index >= 15 is 0 Å². The van der Waals surface area contributed by atoms with Crippen molar-refractivity contribution in [1.82, 2.24) is 16.2 Å². The van der Waals surface area contributed by atoms with Gasteiger partial charge in [-0.2, -0.15) is 0 Å². The van der Waals surface area contributed by atoms with E-state index in [1.54, 1.807) is 0 Å². The maximum absolute atomic E-state index is 12.6. The number of benzene rings is 2. The zero-order valence-corrected chi connectivity index (χ0v) is 13.8. The number of carbonyl (C=O) groups excluding carboxylic acids is 1. The topological polar surface area (TPSA) is 62.4 Å². The molecule has 3 rings (SSSR count). The highest BCUT2D eigenvalue weighted by Gasteiger charge is 2.33. The molecule has 5 nitrogen and oxygen atoms in total. The molecule has 1 amide bonds. The molecular weight excluding hydrogens is 302 g/mol. The smallest absolute Gasteiger partial charge is 0.226 e. The minimum absolute atomic E-state index is 0.00784. The number of carbonyl (C=O) groups is 1. The molecule has 2 aromatic rings. The number of amides is 1. The summed E-state index contributed by atoms with van der Waals surface area (Å²) in [5, 5.41) is 3.03. The summed E-state index contributed by atoms with van der Waals surface area (Å²) in [6, 6.07) is 17.8. The third-order valence-corrected chi connectivity index (χ3v) is 4.18. The zero-order valence-electron chi connectivity index (χ0n) is 13.8. The summed E-state index contributed by atoms with van der Waals surface area (Å²) < 4.78 is 5.43. The Morgan fingerprint density at radius 1 is 1.17 bits per heavy atom. The van der Waals surface area contributed by atoms with Gasteiger partial charge >= 0.3 is 0 Å². The summed E-state index contributed by atoms with van der Waals surface area (Å²) in [7, 11) is 0. The Kier molecular flexibility index (Phi) is 5.46. The third-order valence-electron chi connectivity index (χ3n) is 4.18. The molecule has 1 aliphatic heterocycles. The number of hydrogen-bond acceptors (Lipinski definition) is 4. The fourth-order valence-corrected chi connectivity index (χ4v) is 2.91. The van der Waals surface area contributed by atoms with Crippen molar-refractivity contribution in [3.05, 3.63) is 65.7 Å². The average Bonchev–Trinajstić information content (AvgIpc) is 3.12. The van der Waals surface area contributed by atoms with Gasteiger partial charge in [-0.3, -0.25) is 10.2 Å². The summed E-state index contributed by atoms with van der Waals surface area (Å²) in [4.78, 5) is 12.6. The Hall–Kier alpha value is -2.37. The monoisotopic (exact) mass is 325 g/mol. The fraction of sp³-hybridized carbons (Fsp3) is 0.316. The number of ether oxygens (including phenoxy) is 1. The molecule has 3 N–H and O–H groups in total. The van der Waals surface area contributed by atoms with E-state index in [1.807, 2.05) is 61.5 Å². The van der Waals surface area contributed by atoms with Gasteiger partial charge in [0.2, 0.25) is 5.91 Å². The first-order valence-electron chi connectivity index (χ1n) is 8.30. The highest BCUT2D eigenvalue weighted by molar-refractivity contribution is 5.80. The Labute approximate surface area is 142 Å². The molecule has 2 aromatic carbocycles. The van der Waals surface area contributed by atoms with Gasteiger partial charge in [0.1, 0.15) is 5.75 Å². The second-order valence-electron chi connectivity index (χ2n) is 5.81. The number of hydrogen-bond donors (Lipinski definition) is 3. The Bertz CT molecular complexity index is 658. The van der Waals surface area contributed by atoms with Gasteiger partial charge in [0.05, 0.1) is 18.6 Å². The van der Waals surface area contributed by atoms with Crippen LogP contribution in [0, 0.1) is 5.92 Å². The van der Waals surface area contributed by atoms with Gasteiger partial charge in [-0.15, -0.1) is 0 Å². The van der Waals surface area contributed by atoms with E-state index in [0.29, 0.717) is 19.7 Å². The standard InChI is InChI=1S/C19H23N3O2/c1-2-24-16-10-8-14(9-11-16)12-20-19(23)17-13-21-22-18(17)15-6-4-3-5-7-15/h3-11,17-18,21-22H,2,12-13H2,1H3,(H,20,23). The van der Waals surface area contributed by atoms with Crippen molar-refractivity contribution in [2.75, 3.05) is 13.2 Å². The molecule has 5 heteroatoms. The first-order valence-corrected chi connectivity index (χ1v) is 8.30. The molecule has 0 aliphatic carbocycles. The number of hydrazine groups is 1. The maximum atomic E-state index is 12.6. The number of nitrogens with one attached hydrogen (secondary N) is 3. The highest BCUT2D eigenvalue weighted by Crippen LogP contribution is 2.24. The Morgan fingerprint density at radius 3 is 2.62 bits per heavy atom. The van der Waals surface area contributed by atoms with Gasteiger partial charge in [0.25, 0.3) is 0 Å². The molecule has 1 aliphatic rings. The van der Waals surface area contributed by atoms with Crippen molar-refractivity contribution in [3.63, 3.8) is 0 Å². The summed E-state index contributed by atoms with van der Waals surface area (Å²) in [5.41, 5.74) is 8.46. The predicted molar refractivity (Wildman–Crippen MR) is 93.3 cm³/mol. The van der Waals surface area contributed by atoms with Gasteiger partial charge in [-0.25, -0.2) is 5.43 Å². The van der Waals surface area contributed by atoms with Crippen LogP contribution in [0.5, 0.6) is 5.75 Å². The second kappa shape index (κ2) is 7.95. The van der Waals surface area contributed by atoms with Gasteiger partial charge in [-0.05, 0) is 30.2 Å². The molecular formula is C19H23N3O2. The van der Waals surface area contributed by atoms with E-state index in [-0.39, 0.29) is 17.9 Å². The summed E-state index contributed by atoms with van der Waals surface area (Å²) in [5.74, 6) is 0.770. The molecule has 0 aromatic heterocycles. The largest absolute Gasteiger partial charge is 0.494 e. The van der Waals surface area contributed by atoms with Crippen LogP contribution in [-0.2, 0) is 11.3 Å². The van der Waals surface area contributed by atoms with Gasteiger partial charge in [0.15, 0.2) is 0 Å². The Balaban J connectivity index is 1.58. The van der Waals surface area contributed by atoms with Crippen LogP contribution < -0.4 is 20.9 Å². The van der Waals surface area contributed by atoms with E-state index in [9.17, 15) is 4.79 Å². The van der Waals surface area contributed by atoms with Crippen LogP contribution in [0.4, 0.5) is 0 Å². The summed E-state index contributed by atoms with van der Waals surface area (Å²) in [6.45, 7) is 3.75. The van der Waals surface area contributed by atoms with Crippen LogP contribution in [0.1, 0.15) is 24.1 Å². The van der Waals surface area contributed by atoms with E-state index in [1.165, 1.54) is 0 Å². The van der Waals surface area contributed by atoms with Crippen molar-refractivity contribution in [2.24, 2.45) is 5.92 Å². The number of rotatable bonds is 6. The van der Waals surface area contributed by atoms with Crippen LogP contribution in [0.25, 0.3) is 0 Å². The third kappa shape index (κ3) is 3.93. The van der Waals surface area contributed by atoms with Crippen LogP contribution in [-0.4, -0.2) is 19.1 Å². The quantitative estimate of drug-likeness (QED) is 0.762. The van der Waals surface area contributed by atoms with Gasteiger partial charge in [-0.1, -0.05) is 42.5 Å². The molecule has 1 fully saturated rings. The zero-order chi connectivity index (χ0) is 16.8. The minimum Gasteiger partial charge on any atom is -0.494 e. The molecule has 0 bridgehead atoms. The van der Waals surface area contributed by atoms with Crippen LogP contribution in [0.2, 0.25) is 0 Å². The Morgan fingerprint density at radius 2 is 1.92 bits per heavy atom. The van der Waals surface area contributed by atoms with E-state index in [2.05, 4.69) is 16.2 Å². The molecule has 1 heterocycles. The summed E-state index contributed by atoms with van der Waals surface area (Å²) >= 11 is 0. The van der Waals surface area contributed by atoms with Crippen molar-refractivity contribution in [3.8, 4) is 5.75 Å². The molecule has 1 saturated heterocycles. The lowest BCUT2D eigenvalue weighted by Crippen LogP contribution is -2.34. The second-order valence-corrected chi connectivity index (χ2v) is 5.81. The minimum atomic E-state index is -0.130. The molecule has 0 spiro atoms. The molecule has 2 unspecified atom stereocenters. The van der Waals surface area contributed by atoms with Gasteiger partial charge < -0.3 is 10.1 Å². The molecule has 126 valence electrons. The lowest BCUT2D eigenvalue weighted by Gasteiger charge is -2.18.